The summed E-state index contributed by atoms with van der Waals surface area (Å²) >= 11 is 0. The molecule has 0 saturated heterocycles. The van der Waals surface area contributed by atoms with Crippen LogP contribution in [0.5, 0.6) is 17.2 Å². The Labute approximate surface area is 681 Å². The second kappa shape index (κ2) is 39.8. The summed E-state index contributed by atoms with van der Waals surface area (Å²) in [7, 11) is 1.27. The number of benzene rings is 8. The molecule has 3 N–H and O–H groups in total. The molecule has 8 aromatic rings. The number of ether oxygens (including phenoxy) is 13. The summed E-state index contributed by atoms with van der Waals surface area (Å²) in [5, 5.41) is 32.0. The number of carbonyl (C=O) groups is 6. The normalized spacial score (nSPS) is 16.3. The quantitative estimate of drug-likeness (QED) is 0.0105. The molecule has 22 heteroatoms. The Bertz CT molecular complexity index is 4720. The van der Waals surface area contributed by atoms with E-state index in [0.29, 0.717) is 42.9 Å². The largest absolute Gasteiger partial charge is 0.491 e. The number of carboxylic acids is 1. The minimum atomic E-state index is -2.00. The molecule has 0 aliphatic heterocycles. The zero-order chi connectivity index (χ0) is 83.3. The number of aliphatic carboxylic acids is 1. The number of hydrogen-bond donors (Lipinski definition) is 3. The first kappa shape index (κ1) is 86.3. The number of fused-ring (bicyclic) bond motifs is 6. The highest BCUT2D eigenvalue weighted by Crippen LogP contribution is 2.58. The Balaban J connectivity index is 0.818. The second-order valence-electron chi connectivity index (χ2n) is 28.7. The van der Waals surface area contributed by atoms with Crippen molar-refractivity contribution in [3.63, 3.8) is 0 Å². The van der Waals surface area contributed by atoms with Gasteiger partial charge >= 0.3 is 35.8 Å². The number of carbonyl (C=O) groups excluding carboxylic acids is 5. The number of allylic oxidation sites excluding steroid dienone is 2. The fourth-order valence-electron chi connectivity index (χ4n) is 16.0. The predicted molar refractivity (Wildman–Crippen MR) is 436 cm³/mol. The summed E-state index contributed by atoms with van der Waals surface area (Å²) in [4.78, 5) is 75.5. The van der Waals surface area contributed by atoms with Gasteiger partial charge in [0, 0.05) is 37.8 Å². The van der Waals surface area contributed by atoms with E-state index in [9.17, 15) is 44.1 Å². The second-order valence-corrected chi connectivity index (χ2v) is 28.7. The van der Waals surface area contributed by atoms with Crippen LogP contribution in [0.15, 0.2) is 257 Å². The molecule has 8 unspecified atom stereocenters. The van der Waals surface area contributed by atoms with Crippen molar-refractivity contribution in [3.8, 4) is 39.5 Å². The third kappa shape index (κ3) is 19.4. The van der Waals surface area contributed by atoms with Crippen LogP contribution in [-0.4, -0.2) is 147 Å². The Morgan fingerprint density at radius 2 is 0.778 bits per heavy atom. The number of aliphatic hydroxyl groups excluding tert-OH is 2. The molecule has 612 valence electrons. The van der Waals surface area contributed by atoms with Crippen LogP contribution in [0.3, 0.4) is 0 Å². The molecular formula is C95H100O22. The Kier molecular flexibility index (Phi) is 29.4. The summed E-state index contributed by atoms with van der Waals surface area (Å²) in [5.41, 5.74) is 9.31. The van der Waals surface area contributed by atoms with E-state index < -0.39 is 107 Å². The van der Waals surface area contributed by atoms with Crippen LogP contribution in [0.4, 0.5) is 0 Å². The van der Waals surface area contributed by atoms with Crippen LogP contribution >= 0.6 is 0 Å². The van der Waals surface area contributed by atoms with Crippen molar-refractivity contribution in [2.45, 2.75) is 132 Å². The molecule has 0 saturated carbocycles. The van der Waals surface area contributed by atoms with Gasteiger partial charge in [0.25, 0.3) is 13.0 Å². The summed E-state index contributed by atoms with van der Waals surface area (Å²) in [6.45, 7) is 16.6. The standard InChI is InChI=1S/C95H100O22/c1-10-84(96)108-55-70(54-92(14-5,15-6)117-69-52-46-66(47-53-69)95(82-36-26-22-30-76(82)77-31-23-27-37-83(77)95)65-44-48-67(49-45-65)106-56-71(58-109-85(97)11-2)113-89(102)79-33-19-18-32-78(79)88(100)101)114-91(104)116-73(60-111-87(99)13-4)61-112-93(16-7,17-8)62-38-40-63(41-39-62)94(80-34-24-20-28-74(80)75-29-21-25-35-81(75)94)64-42-50-68(51-43-64)107-57-72(115-90(103)105-9)59-110-86(98)12-3/h10-13,18-31,34-53,70-73,78-79,90-91,103-104H,1-4,14-17,32-33,54-61H2,5-9H3,(H,100,101). The van der Waals surface area contributed by atoms with E-state index >= 15 is 0 Å². The first-order valence-electron chi connectivity index (χ1n) is 39.2. The van der Waals surface area contributed by atoms with Crippen LogP contribution in [-0.2, 0) is 92.6 Å². The fraction of sp³-hybridized carbons (Fsp3) is 0.326. The van der Waals surface area contributed by atoms with E-state index in [0.717, 1.165) is 96.6 Å². The van der Waals surface area contributed by atoms with E-state index in [2.05, 4.69) is 99.1 Å². The van der Waals surface area contributed by atoms with Gasteiger partial charge in [-0.3, -0.25) is 9.59 Å². The lowest BCUT2D eigenvalue weighted by molar-refractivity contribution is -0.315. The first-order valence-corrected chi connectivity index (χ1v) is 39.2. The Morgan fingerprint density at radius 1 is 0.427 bits per heavy atom. The highest BCUT2D eigenvalue weighted by atomic mass is 16.8. The van der Waals surface area contributed by atoms with Crippen molar-refractivity contribution < 1.29 is 106 Å². The zero-order valence-corrected chi connectivity index (χ0v) is 66.4. The lowest BCUT2D eigenvalue weighted by Crippen LogP contribution is -2.43. The minimum Gasteiger partial charge on any atom is -0.491 e. The number of rotatable bonds is 44. The van der Waals surface area contributed by atoms with E-state index in [4.69, 9.17) is 61.6 Å². The molecule has 11 rings (SSSR count). The number of hydrogen-bond acceptors (Lipinski definition) is 21. The van der Waals surface area contributed by atoms with Gasteiger partial charge in [0.2, 0.25) is 0 Å². The molecule has 8 aromatic carbocycles. The average Bonchev–Trinajstić information content (AvgIpc) is 1.56. The minimum absolute atomic E-state index is 0.0735. The fourth-order valence-corrected chi connectivity index (χ4v) is 16.0. The van der Waals surface area contributed by atoms with Crippen molar-refractivity contribution in [2.75, 3.05) is 53.4 Å². The van der Waals surface area contributed by atoms with Gasteiger partial charge in [-0.25, -0.2) is 19.2 Å². The lowest BCUT2D eigenvalue weighted by Gasteiger charge is -2.37. The molecule has 0 fully saturated rings. The van der Waals surface area contributed by atoms with Crippen LogP contribution in [0.2, 0.25) is 0 Å². The SMILES string of the molecule is C=CC(=O)OCC(COc1ccc(C2(c3ccc(OC(CC)(CC)CC(COC(=O)C=C)OC(O)OC(COC(=O)C=C)COC(CC)(CC)c4ccc(C5(c6ccc(OCC(COC(=O)C=C)OC(O)OC)cc6)c6ccccc6-c6ccccc65)cc4)cc3)c3ccccc3-c3ccccc32)cc1)OC(=O)C1CC=CCC1C(=O)O. The van der Waals surface area contributed by atoms with Gasteiger partial charge < -0.3 is 76.9 Å². The molecule has 8 atom stereocenters. The third-order valence-corrected chi connectivity index (χ3v) is 22.2. The van der Waals surface area contributed by atoms with Gasteiger partial charge in [-0.1, -0.05) is 224 Å². The van der Waals surface area contributed by atoms with Crippen LogP contribution in [0, 0.1) is 11.8 Å². The molecule has 3 aliphatic rings. The van der Waals surface area contributed by atoms with Gasteiger partial charge in [-0.05, 0) is 147 Å². The van der Waals surface area contributed by atoms with Gasteiger partial charge in [0.05, 0.1) is 34.9 Å². The highest BCUT2D eigenvalue weighted by Gasteiger charge is 2.49. The molecule has 0 amide bonds. The van der Waals surface area contributed by atoms with E-state index in [1.54, 1.807) is 12.2 Å². The molecule has 0 bridgehead atoms. The van der Waals surface area contributed by atoms with Gasteiger partial charge in [-0.2, -0.15) is 0 Å². The summed E-state index contributed by atoms with van der Waals surface area (Å²) < 4.78 is 77.0. The van der Waals surface area contributed by atoms with E-state index in [1.165, 1.54) is 7.11 Å². The summed E-state index contributed by atoms with van der Waals surface area (Å²) in [6, 6.07) is 64.7. The molecule has 0 radical (unpaired) electrons. The highest BCUT2D eigenvalue weighted by molar-refractivity contribution is 5.89. The Hall–Kier alpha value is -11.6. The number of aliphatic hydroxyl groups is 2. The monoisotopic (exact) mass is 1590 g/mol. The summed E-state index contributed by atoms with van der Waals surface area (Å²) in [5.74, 6) is -5.22. The molecule has 0 heterocycles. The van der Waals surface area contributed by atoms with Crippen molar-refractivity contribution in [1.82, 2.24) is 0 Å². The Morgan fingerprint density at radius 3 is 1.17 bits per heavy atom. The third-order valence-electron chi connectivity index (χ3n) is 22.2. The van der Waals surface area contributed by atoms with E-state index in [-0.39, 0.29) is 65.5 Å². The van der Waals surface area contributed by atoms with Gasteiger partial charge in [-0.15, -0.1) is 0 Å². The van der Waals surface area contributed by atoms with E-state index in [1.807, 2.05) is 149 Å². The molecule has 0 spiro atoms. The first-order chi connectivity index (χ1) is 56.7. The maximum Gasteiger partial charge on any atom is 0.330 e. The topological polar surface area (TPSA) is 283 Å². The molecular weight excluding hydrogens is 1490 g/mol. The smallest absolute Gasteiger partial charge is 0.330 e. The maximum absolute atomic E-state index is 13.5. The van der Waals surface area contributed by atoms with Gasteiger partial charge in [0.15, 0.2) is 6.10 Å². The number of esters is 5. The van der Waals surface area contributed by atoms with Crippen LogP contribution in [0.1, 0.15) is 123 Å². The molecule has 3 aliphatic carbocycles. The number of carboxylic acid groups (broad SMARTS) is 1. The predicted octanol–water partition coefficient (Wildman–Crippen LogP) is 15.1. The molecule has 22 nitrogen and oxygen atoms in total. The van der Waals surface area contributed by atoms with Crippen molar-refractivity contribution in [2.24, 2.45) is 11.8 Å². The average molecular weight is 1590 g/mol. The summed E-state index contributed by atoms with van der Waals surface area (Å²) in [6.07, 6.45) is 5.63. The van der Waals surface area contributed by atoms with Gasteiger partial charge in [0.1, 0.15) is 80.8 Å². The van der Waals surface area contributed by atoms with Crippen LogP contribution < -0.4 is 14.2 Å². The molecule has 0 aromatic heterocycles. The maximum atomic E-state index is 13.5. The number of methoxy groups -OCH3 is 1. The van der Waals surface area contributed by atoms with Crippen molar-refractivity contribution >= 4 is 35.8 Å². The van der Waals surface area contributed by atoms with Crippen molar-refractivity contribution in [1.29, 1.82) is 0 Å². The zero-order valence-electron chi connectivity index (χ0n) is 66.4. The lowest BCUT2D eigenvalue weighted by atomic mass is 9.67. The molecule has 117 heavy (non-hydrogen) atoms. The van der Waals surface area contributed by atoms with Crippen molar-refractivity contribution in [3.05, 3.63) is 307 Å². The van der Waals surface area contributed by atoms with Crippen LogP contribution in [0.25, 0.3) is 22.3 Å².